The molecule has 164 valence electrons. The topological polar surface area (TPSA) is 57.5 Å². The second-order valence-electron chi connectivity index (χ2n) is 7.88. The molecule has 0 saturated heterocycles. The monoisotopic (exact) mass is 386 g/mol. The van der Waals surface area contributed by atoms with Gasteiger partial charge in [-0.25, -0.2) is 0 Å². The molecule has 0 aromatic carbocycles. The Labute approximate surface area is 170 Å². The summed E-state index contributed by atoms with van der Waals surface area (Å²) in [6.45, 7) is 4.84. The predicted octanol–water partition coefficient (Wildman–Crippen LogP) is 7.89. The van der Waals surface area contributed by atoms with Crippen LogP contribution in [0.2, 0.25) is 0 Å². The van der Waals surface area contributed by atoms with Gasteiger partial charge in [-0.3, -0.25) is 4.79 Å². The van der Waals surface area contributed by atoms with E-state index in [1.807, 2.05) is 0 Å². The standard InChI is InChI=1S/C14H30O.C10H20O2/c1-2-3-4-5-6-7-8-9-10-11-12-13-14-15;1-2-3-4-5-6-7-8-9-10(11)12/h15H,2-14H2,1H3;2-9H2,1H3,(H,11,12). The fourth-order valence-electron chi connectivity index (χ4n) is 3.19. The summed E-state index contributed by atoms with van der Waals surface area (Å²) in [6, 6.07) is 0. The second-order valence-corrected chi connectivity index (χ2v) is 7.88. The molecule has 0 fully saturated rings. The first-order valence-electron chi connectivity index (χ1n) is 12.0. The van der Waals surface area contributed by atoms with Gasteiger partial charge < -0.3 is 10.2 Å². The quantitative estimate of drug-likeness (QED) is 0.209. The van der Waals surface area contributed by atoms with Gasteiger partial charge in [0.15, 0.2) is 0 Å². The summed E-state index contributed by atoms with van der Waals surface area (Å²) >= 11 is 0. The van der Waals surface area contributed by atoms with Gasteiger partial charge in [-0.15, -0.1) is 0 Å². The summed E-state index contributed by atoms with van der Waals surface area (Å²) < 4.78 is 0. The van der Waals surface area contributed by atoms with Crippen LogP contribution in [0.1, 0.15) is 142 Å². The van der Waals surface area contributed by atoms with Crippen LogP contribution in [0.4, 0.5) is 0 Å². The van der Waals surface area contributed by atoms with Crippen molar-refractivity contribution in [2.45, 2.75) is 142 Å². The van der Waals surface area contributed by atoms with Crippen LogP contribution in [0.3, 0.4) is 0 Å². The molecule has 0 bridgehead atoms. The maximum atomic E-state index is 10.1. The highest BCUT2D eigenvalue weighted by Gasteiger charge is 1.96. The number of hydrogen-bond donors (Lipinski definition) is 2. The van der Waals surface area contributed by atoms with Crippen molar-refractivity contribution in [2.24, 2.45) is 0 Å². The van der Waals surface area contributed by atoms with Crippen LogP contribution in [-0.2, 0) is 4.79 Å². The van der Waals surface area contributed by atoms with Crippen molar-refractivity contribution in [1.29, 1.82) is 0 Å². The molecule has 0 aromatic rings. The summed E-state index contributed by atoms with van der Waals surface area (Å²) in [6.07, 6.45) is 24.9. The van der Waals surface area contributed by atoms with Gasteiger partial charge in [-0.1, -0.05) is 123 Å². The van der Waals surface area contributed by atoms with Gasteiger partial charge in [0.1, 0.15) is 0 Å². The molecule has 3 heteroatoms. The third-order valence-corrected chi connectivity index (χ3v) is 5.01. The van der Waals surface area contributed by atoms with E-state index in [0.717, 1.165) is 19.3 Å². The van der Waals surface area contributed by atoms with Gasteiger partial charge in [0, 0.05) is 13.0 Å². The fraction of sp³-hybridized carbons (Fsp3) is 0.958. The summed E-state index contributed by atoms with van der Waals surface area (Å²) in [5, 5.41) is 17.0. The van der Waals surface area contributed by atoms with Gasteiger partial charge in [-0.05, 0) is 12.8 Å². The first-order chi connectivity index (χ1) is 13.2. The average Bonchev–Trinajstić information content (AvgIpc) is 2.66. The number of aliphatic carboxylic acids is 1. The van der Waals surface area contributed by atoms with Crippen LogP contribution in [0, 0.1) is 0 Å². The Kier molecular flexibility index (Phi) is 29.3. The predicted molar refractivity (Wildman–Crippen MR) is 118 cm³/mol. The largest absolute Gasteiger partial charge is 0.481 e. The van der Waals surface area contributed by atoms with Gasteiger partial charge in [-0.2, -0.15) is 0 Å². The van der Waals surface area contributed by atoms with Crippen molar-refractivity contribution < 1.29 is 15.0 Å². The van der Waals surface area contributed by atoms with Crippen molar-refractivity contribution >= 4 is 5.97 Å². The van der Waals surface area contributed by atoms with Crippen LogP contribution >= 0.6 is 0 Å². The molecule has 0 rings (SSSR count). The fourth-order valence-corrected chi connectivity index (χ4v) is 3.19. The average molecular weight is 387 g/mol. The minimum Gasteiger partial charge on any atom is -0.481 e. The lowest BCUT2D eigenvalue weighted by Gasteiger charge is -2.01. The Morgan fingerprint density at radius 2 is 0.815 bits per heavy atom. The first kappa shape index (κ1) is 28.6. The van der Waals surface area contributed by atoms with E-state index in [2.05, 4.69) is 13.8 Å². The molecule has 0 heterocycles. The lowest BCUT2D eigenvalue weighted by molar-refractivity contribution is -0.137. The molecule has 0 saturated carbocycles. The molecular formula is C24H50O3. The van der Waals surface area contributed by atoms with E-state index in [1.165, 1.54) is 103 Å². The van der Waals surface area contributed by atoms with E-state index < -0.39 is 5.97 Å². The number of unbranched alkanes of at least 4 members (excludes halogenated alkanes) is 17. The molecule has 0 aliphatic rings. The lowest BCUT2D eigenvalue weighted by Crippen LogP contribution is -1.93. The molecular weight excluding hydrogens is 336 g/mol. The van der Waals surface area contributed by atoms with E-state index in [0.29, 0.717) is 13.0 Å². The second kappa shape index (κ2) is 27.6. The highest BCUT2D eigenvalue weighted by molar-refractivity contribution is 5.66. The summed E-state index contributed by atoms with van der Waals surface area (Å²) in [7, 11) is 0. The van der Waals surface area contributed by atoms with E-state index in [-0.39, 0.29) is 0 Å². The summed E-state index contributed by atoms with van der Waals surface area (Å²) in [5.41, 5.74) is 0. The zero-order valence-corrected chi connectivity index (χ0v) is 18.7. The minimum atomic E-state index is -0.663. The van der Waals surface area contributed by atoms with E-state index in [1.54, 1.807) is 0 Å². The summed E-state index contributed by atoms with van der Waals surface area (Å²) in [5.74, 6) is -0.663. The molecule has 27 heavy (non-hydrogen) atoms. The molecule has 0 aliphatic carbocycles. The molecule has 0 spiro atoms. The number of hydrogen-bond acceptors (Lipinski definition) is 2. The Morgan fingerprint density at radius 1 is 0.519 bits per heavy atom. The molecule has 0 radical (unpaired) electrons. The molecule has 0 aromatic heterocycles. The Hall–Kier alpha value is -0.570. The zero-order valence-electron chi connectivity index (χ0n) is 18.7. The van der Waals surface area contributed by atoms with E-state index in [9.17, 15) is 4.79 Å². The lowest BCUT2D eigenvalue weighted by atomic mass is 10.1. The van der Waals surface area contributed by atoms with E-state index in [4.69, 9.17) is 10.2 Å². The SMILES string of the molecule is CCCCCCCCCC(=O)O.CCCCCCCCCCCCCCO. The van der Waals surface area contributed by atoms with Crippen LogP contribution < -0.4 is 0 Å². The normalized spacial score (nSPS) is 10.5. The van der Waals surface area contributed by atoms with Gasteiger partial charge in [0.05, 0.1) is 0 Å². The van der Waals surface area contributed by atoms with Crippen molar-refractivity contribution in [1.82, 2.24) is 0 Å². The van der Waals surface area contributed by atoms with Crippen molar-refractivity contribution in [3.05, 3.63) is 0 Å². The number of aliphatic hydroxyl groups is 1. The highest BCUT2D eigenvalue weighted by atomic mass is 16.4. The van der Waals surface area contributed by atoms with Crippen LogP contribution in [0.25, 0.3) is 0 Å². The molecule has 0 unspecified atom stereocenters. The van der Waals surface area contributed by atoms with Crippen molar-refractivity contribution in [3.8, 4) is 0 Å². The smallest absolute Gasteiger partial charge is 0.303 e. The van der Waals surface area contributed by atoms with Gasteiger partial charge in [0.2, 0.25) is 0 Å². The zero-order chi connectivity index (χ0) is 20.4. The van der Waals surface area contributed by atoms with Crippen molar-refractivity contribution in [3.63, 3.8) is 0 Å². The molecule has 3 nitrogen and oxygen atoms in total. The van der Waals surface area contributed by atoms with E-state index >= 15 is 0 Å². The third-order valence-electron chi connectivity index (χ3n) is 5.01. The highest BCUT2D eigenvalue weighted by Crippen LogP contribution is 2.11. The Bertz CT molecular complexity index is 254. The Morgan fingerprint density at radius 3 is 1.11 bits per heavy atom. The number of carboxylic acid groups (broad SMARTS) is 1. The minimum absolute atomic E-state index is 0.341. The first-order valence-corrected chi connectivity index (χ1v) is 12.0. The Balaban J connectivity index is 0. The number of carbonyl (C=O) groups is 1. The van der Waals surface area contributed by atoms with Crippen LogP contribution in [-0.4, -0.2) is 22.8 Å². The number of aliphatic hydroxyl groups excluding tert-OH is 1. The number of rotatable bonds is 20. The molecule has 0 atom stereocenters. The molecule has 0 amide bonds. The molecule has 0 aliphatic heterocycles. The van der Waals surface area contributed by atoms with Gasteiger partial charge >= 0.3 is 5.97 Å². The van der Waals surface area contributed by atoms with Crippen LogP contribution in [0.5, 0.6) is 0 Å². The number of carboxylic acids is 1. The maximum absolute atomic E-state index is 10.1. The molecule has 2 N–H and O–H groups in total. The van der Waals surface area contributed by atoms with Crippen molar-refractivity contribution in [2.75, 3.05) is 6.61 Å². The van der Waals surface area contributed by atoms with Crippen LogP contribution in [0.15, 0.2) is 0 Å². The summed E-state index contributed by atoms with van der Waals surface area (Å²) in [4.78, 5) is 10.1. The third kappa shape index (κ3) is 33.4. The maximum Gasteiger partial charge on any atom is 0.303 e. The van der Waals surface area contributed by atoms with Gasteiger partial charge in [0.25, 0.3) is 0 Å².